The zero-order chi connectivity index (χ0) is 15.8. The standard InChI is InChI=1S/C15H23N3O3/c1-5-18-11(9-10(2)16-18)13(19)17-8-6-7-15(3,4)12(17)14(20)21/h9,12H,5-8H2,1-4H3,(H,20,21). The van der Waals surface area contributed by atoms with Gasteiger partial charge in [0.2, 0.25) is 0 Å². The van der Waals surface area contributed by atoms with Crippen LogP contribution in [0.3, 0.4) is 0 Å². The van der Waals surface area contributed by atoms with Gasteiger partial charge in [-0.05, 0) is 38.2 Å². The van der Waals surface area contributed by atoms with Crippen LogP contribution in [0.2, 0.25) is 0 Å². The first-order valence-corrected chi connectivity index (χ1v) is 7.36. The highest BCUT2D eigenvalue weighted by Crippen LogP contribution is 2.36. The van der Waals surface area contributed by atoms with E-state index in [0.29, 0.717) is 18.8 Å². The van der Waals surface area contributed by atoms with Crippen molar-refractivity contribution in [3.05, 3.63) is 17.5 Å². The molecule has 1 aromatic heterocycles. The minimum atomic E-state index is -0.938. The van der Waals surface area contributed by atoms with E-state index in [1.807, 2.05) is 27.7 Å². The van der Waals surface area contributed by atoms with Crippen LogP contribution >= 0.6 is 0 Å². The molecular weight excluding hydrogens is 270 g/mol. The Balaban J connectivity index is 2.38. The lowest BCUT2D eigenvalue weighted by Gasteiger charge is -2.43. The van der Waals surface area contributed by atoms with Gasteiger partial charge in [-0.3, -0.25) is 9.48 Å². The third-order valence-electron chi connectivity index (χ3n) is 4.19. The predicted molar refractivity (Wildman–Crippen MR) is 78.1 cm³/mol. The monoisotopic (exact) mass is 293 g/mol. The van der Waals surface area contributed by atoms with Gasteiger partial charge in [0.15, 0.2) is 0 Å². The fourth-order valence-electron chi connectivity index (χ4n) is 3.18. The van der Waals surface area contributed by atoms with Crippen molar-refractivity contribution >= 4 is 11.9 Å². The molecule has 6 nitrogen and oxygen atoms in total. The van der Waals surface area contributed by atoms with Gasteiger partial charge in [0.05, 0.1) is 5.69 Å². The number of aromatic nitrogens is 2. The largest absolute Gasteiger partial charge is 0.480 e. The Bertz CT molecular complexity index is 563. The number of hydrogen-bond donors (Lipinski definition) is 1. The molecule has 0 saturated carbocycles. The number of carbonyl (C=O) groups excluding carboxylic acids is 1. The van der Waals surface area contributed by atoms with Crippen LogP contribution in [0.25, 0.3) is 0 Å². The maximum atomic E-state index is 12.8. The Hall–Kier alpha value is -1.85. The lowest BCUT2D eigenvalue weighted by molar-refractivity contribution is -0.148. The molecule has 0 spiro atoms. The molecule has 0 aromatic carbocycles. The van der Waals surface area contributed by atoms with Crippen LogP contribution in [0.15, 0.2) is 6.07 Å². The highest BCUT2D eigenvalue weighted by atomic mass is 16.4. The number of rotatable bonds is 3. The van der Waals surface area contributed by atoms with E-state index in [4.69, 9.17) is 0 Å². The van der Waals surface area contributed by atoms with Crippen molar-refractivity contribution in [3.63, 3.8) is 0 Å². The first-order valence-electron chi connectivity index (χ1n) is 7.36. The van der Waals surface area contributed by atoms with Crippen LogP contribution in [-0.2, 0) is 11.3 Å². The molecule has 1 aliphatic rings. The third kappa shape index (κ3) is 2.80. The molecule has 0 radical (unpaired) electrons. The third-order valence-corrected chi connectivity index (χ3v) is 4.19. The summed E-state index contributed by atoms with van der Waals surface area (Å²) in [5.74, 6) is -1.18. The lowest BCUT2D eigenvalue weighted by atomic mass is 9.76. The molecule has 2 rings (SSSR count). The Morgan fingerprint density at radius 3 is 2.71 bits per heavy atom. The Morgan fingerprint density at radius 2 is 2.14 bits per heavy atom. The summed E-state index contributed by atoms with van der Waals surface area (Å²) in [6, 6.07) is 0.936. The molecule has 0 aliphatic carbocycles. The zero-order valence-electron chi connectivity index (χ0n) is 13.1. The summed E-state index contributed by atoms with van der Waals surface area (Å²) in [7, 11) is 0. The van der Waals surface area contributed by atoms with Crippen molar-refractivity contribution in [3.8, 4) is 0 Å². The molecule has 0 bridgehead atoms. The van der Waals surface area contributed by atoms with Gasteiger partial charge >= 0.3 is 5.97 Å². The zero-order valence-corrected chi connectivity index (χ0v) is 13.1. The van der Waals surface area contributed by atoms with Crippen molar-refractivity contribution in [2.75, 3.05) is 6.54 Å². The molecule has 1 unspecified atom stereocenters. The number of likely N-dealkylation sites (tertiary alicyclic amines) is 1. The molecule has 1 aromatic rings. The number of carboxylic acids is 1. The number of carboxylic acid groups (broad SMARTS) is 1. The van der Waals surface area contributed by atoms with Gasteiger partial charge in [-0.25, -0.2) is 4.79 Å². The van der Waals surface area contributed by atoms with Crippen LogP contribution < -0.4 is 0 Å². The summed E-state index contributed by atoms with van der Waals surface area (Å²) >= 11 is 0. The van der Waals surface area contributed by atoms with Crippen molar-refractivity contribution < 1.29 is 14.7 Å². The summed E-state index contributed by atoms with van der Waals surface area (Å²) in [4.78, 5) is 26.0. The highest BCUT2D eigenvalue weighted by molar-refractivity contribution is 5.95. The van der Waals surface area contributed by atoms with Gasteiger partial charge in [-0.15, -0.1) is 0 Å². The number of hydrogen-bond acceptors (Lipinski definition) is 3. The first kappa shape index (κ1) is 15.5. The van der Waals surface area contributed by atoms with E-state index >= 15 is 0 Å². The number of aryl methyl sites for hydroxylation is 2. The molecular formula is C15H23N3O3. The Morgan fingerprint density at radius 1 is 1.48 bits per heavy atom. The number of aliphatic carboxylic acids is 1. The summed E-state index contributed by atoms with van der Waals surface area (Å²) in [6.45, 7) is 8.63. The van der Waals surface area contributed by atoms with Crippen LogP contribution in [0, 0.1) is 12.3 Å². The normalized spacial score (nSPS) is 21.3. The average molecular weight is 293 g/mol. The van der Waals surface area contributed by atoms with E-state index < -0.39 is 17.4 Å². The van der Waals surface area contributed by atoms with E-state index in [2.05, 4.69) is 5.10 Å². The Kier molecular flexibility index (Phi) is 4.07. The van der Waals surface area contributed by atoms with Crippen LogP contribution in [-0.4, -0.2) is 44.3 Å². The molecule has 1 fully saturated rings. The number of piperidine rings is 1. The fourth-order valence-corrected chi connectivity index (χ4v) is 3.18. The van der Waals surface area contributed by atoms with E-state index in [9.17, 15) is 14.7 Å². The molecule has 21 heavy (non-hydrogen) atoms. The molecule has 2 heterocycles. The summed E-state index contributed by atoms with van der Waals surface area (Å²) in [5.41, 5.74) is 0.813. The molecule has 116 valence electrons. The summed E-state index contributed by atoms with van der Waals surface area (Å²) in [6.07, 6.45) is 1.63. The van der Waals surface area contributed by atoms with E-state index in [1.54, 1.807) is 10.7 Å². The molecule has 1 saturated heterocycles. The van der Waals surface area contributed by atoms with Gasteiger partial charge in [0, 0.05) is 13.1 Å². The molecule has 1 atom stereocenters. The Labute approximate surface area is 124 Å². The van der Waals surface area contributed by atoms with Gasteiger partial charge in [-0.2, -0.15) is 5.10 Å². The van der Waals surface area contributed by atoms with Crippen molar-refractivity contribution in [1.29, 1.82) is 0 Å². The van der Waals surface area contributed by atoms with Crippen molar-refractivity contribution in [2.24, 2.45) is 5.41 Å². The van der Waals surface area contributed by atoms with Crippen LogP contribution in [0.5, 0.6) is 0 Å². The number of carbonyl (C=O) groups is 2. The summed E-state index contributed by atoms with van der Waals surface area (Å²) < 4.78 is 1.64. The topological polar surface area (TPSA) is 75.4 Å². The van der Waals surface area contributed by atoms with Crippen molar-refractivity contribution in [2.45, 2.75) is 53.1 Å². The lowest BCUT2D eigenvalue weighted by Crippen LogP contribution is -2.56. The number of amides is 1. The van der Waals surface area contributed by atoms with E-state index in [-0.39, 0.29) is 5.91 Å². The van der Waals surface area contributed by atoms with E-state index in [0.717, 1.165) is 18.5 Å². The van der Waals surface area contributed by atoms with Gasteiger partial charge < -0.3 is 10.0 Å². The van der Waals surface area contributed by atoms with Gasteiger partial charge in [0.25, 0.3) is 5.91 Å². The predicted octanol–water partition coefficient (Wildman–Crippen LogP) is 1.93. The second-order valence-electron chi connectivity index (χ2n) is 6.32. The summed E-state index contributed by atoms with van der Waals surface area (Å²) in [5, 5.41) is 13.8. The van der Waals surface area contributed by atoms with Gasteiger partial charge in [0.1, 0.15) is 11.7 Å². The van der Waals surface area contributed by atoms with Crippen LogP contribution in [0.1, 0.15) is 49.8 Å². The van der Waals surface area contributed by atoms with Crippen LogP contribution in [0.4, 0.5) is 0 Å². The molecule has 1 N–H and O–H groups in total. The van der Waals surface area contributed by atoms with E-state index in [1.165, 1.54) is 4.90 Å². The maximum absolute atomic E-state index is 12.8. The van der Waals surface area contributed by atoms with Crippen molar-refractivity contribution in [1.82, 2.24) is 14.7 Å². The molecule has 1 amide bonds. The van der Waals surface area contributed by atoms with Gasteiger partial charge in [-0.1, -0.05) is 13.8 Å². The maximum Gasteiger partial charge on any atom is 0.326 e. The second-order valence-corrected chi connectivity index (χ2v) is 6.32. The quantitative estimate of drug-likeness (QED) is 0.924. The minimum Gasteiger partial charge on any atom is -0.480 e. The molecule has 1 aliphatic heterocycles. The first-order chi connectivity index (χ1) is 9.77. The smallest absolute Gasteiger partial charge is 0.326 e. The fraction of sp³-hybridized carbons (Fsp3) is 0.667. The number of nitrogens with zero attached hydrogens (tertiary/aromatic N) is 3. The molecule has 6 heteroatoms. The minimum absolute atomic E-state index is 0.238. The second kappa shape index (κ2) is 5.50. The SMILES string of the molecule is CCn1nc(C)cc1C(=O)N1CCCC(C)(C)C1C(=O)O. The highest BCUT2D eigenvalue weighted by Gasteiger charge is 2.45. The average Bonchev–Trinajstić information content (AvgIpc) is 2.77.